The number of halogens is 2. The van der Waals surface area contributed by atoms with Crippen molar-refractivity contribution in [1.29, 1.82) is 0 Å². The van der Waals surface area contributed by atoms with Crippen LogP contribution in [0.5, 0.6) is 0 Å². The van der Waals surface area contributed by atoms with Crippen molar-refractivity contribution in [3.05, 3.63) is 0 Å². The van der Waals surface area contributed by atoms with E-state index in [0.717, 1.165) is 12.1 Å². The third-order valence-electron chi connectivity index (χ3n) is 3.38. The van der Waals surface area contributed by atoms with Crippen LogP contribution in [0.1, 0.15) is 32.1 Å². The Morgan fingerprint density at radius 1 is 1.08 bits per heavy atom. The summed E-state index contributed by atoms with van der Waals surface area (Å²) in [6, 6.07) is 2.09. The number of hydrogen-bond donors (Lipinski definition) is 1. The van der Waals surface area contributed by atoms with Crippen molar-refractivity contribution in [2.75, 3.05) is 7.05 Å². The topological polar surface area (TPSA) is 29.3 Å². The Bertz CT molecular complexity index is 141. The summed E-state index contributed by atoms with van der Waals surface area (Å²) in [4.78, 5) is 2.55. The van der Waals surface area contributed by atoms with Crippen molar-refractivity contribution in [2.24, 2.45) is 5.73 Å². The third-order valence-corrected chi connectivity index (χ3v) is 3.38. The summed E-state index contributed by atoms with van der Waals surface area (Å²) in [5, 5.41) is 0. The maximum atomic E-state index is 5.96. The lowest BCUT2D eigenvalue weighted by molar-refractivity contribution is 0.0570. The molecule has 2 aliphatic heterocycles. The molecule has 2 atom stereocenters. The second-order valence-electron chi connectivity index (χ2n) is 4.14. The van der Waals surface area contributed by atoms with E-state index in [9.17, 15) is 0 Å². The monoisotopic (exact) mass is 226 g/mol. The van der Waals surface area contributed by atoms with Crippen LogP contribution in [0.25, 0.3) is 0 Å². The zero-order valence-electron chi connectivity index (χ0n) is 8.11. The van der Waals surface area contributed by atoms with Gasteiger partial charge in [-0.1, -0.05) is 6.42 Å². The molecule has 2 saturated heterocycles. The van der Waals surface area contributed by atoms with E-state index in [0.29, 0.717) is 6.04 Å². The number of nitrogens with zero attached hydrogens (tertiary/aromatic N) is 1. The summed E-state index contributed by atoms with van der Waals surface area (Å²) in [6.45, 7) is 0. The third kappa shape index (κ3) is 2.72. The Labute approximate surface area is 93.1 Å². The predicted molar refractivity (Wildman–Crippen MR) is 60.9 cm³/mol. The summed E-state index contributed by atoms with van der Waals surface area (Å²) in [7, 11) is 2.26. The van der Waals surface area contributed by atoms with Gasteiger partial charge in [0.05, 0.1) is 0 Å². The van der Waals surface area contributed by atoms with Crippen LogP contribution >= 0.6 is 24.8 Å². The first kappa shape index (κ1) is 13.5. The second kappa shape index (κ2) is 5.40. The number of rotatable bonds is 0. The maximum absolute atomic E-state index is 5.96. The molecule has 0 saturated carbocycles. The highest BCUT2D eigenvalue weighted by Crippen LogP contribution is 2.31. The molecule has 0 radical (unpaired) electrons. The molecule has 2 N–H and O–H groups in total. The van der Waals surface area contributed by atoms with E-state index >= 15 is 0 Å². The lowest BCUT2D eigenvalue weighted by Crippen LogP contribution is -2.53. The predicted octanol–water partition coefficient (Wildman–Crippen LogP) is 1.80. The van der Waals surface area contributed by atoms with E-state index in [1.165, 1.54) is 32.1 Å². The average molecular weight is 227 g/mol. The Balaban J connectivity index is 0.000000720. The Hall–Kier alpha value is 0.500. The van der Waals surface area contributed by atoms with Gasteiger partial charge in [-0.05, 0) is 32.7 Å². The Kier molecular flexibility index (Phi) is 5.61. The van der Waals surface area contributed by atoms with E-state index < -0.39 is 0 Å². The largest absolute Gasteiger partial charge is 0.328 e. The number of piperidine rings is 2. The molecule has 2 heterocycles. The van der Waals surface area contributed by atoms with Crippen LogP contribution in [0.3, 0.4) is 0 Å². The van der Waals surface area contributed by atoms with Gasteiger partial charge in [0, 0.05) is 18.1 Å². The molecule has 4 heteroatoms. The summed E-state index contributed by atoms with van der Waals surface area (Å²) in [5.74, 6) is 0. The average Bonchev–Trinajstić information content (AvgIpc) is 1.92. The van der Waals surface area contributed by atoms with Crippen LogP contribution in [0.4, 0.5) is 0 Å². The minimum Gasteiger partial charge on any atom is -0.328 e. The van der Waals surface area contributed by atoms with Gasteiger partial charge in [-0.15, -0.1) is 24.8 Å². The van der Waals surface area contributed by atoms with Crippen molar-refractivity contribution in [2.45, 2.75) is 50.2 Å². The van der Waals surface area contributed by atoms with Gasteiger partial charge in [-0.3, -0.25) is 0 Å². The van der Waals surface area contributed by atoms with Crippen LogP contribution in [0.15, 0.2) is 0 Å². The van der Waals surface area contributed by atoms with Crippen molar-refractivity contribution >= 4 is 24.8 Å². The molecule has 0 aromatic carbocycles. The van der Waals surface area contributed by atoms with E-state index in [1.54, 1.807) is 0 Å². The first-order chi connectivity index (χ1) is 5.27. The normalized spacial score (nSPS) is 38.8. The second-order valence-corrected chi connectivity index (χ2v) is 4.14. The molecule has 0 aromatic rings. The number of hydrogen-bond acceptors (Lipinski definition) is 2. The van der Waals surface area contributed by atoms with Gasteiger partial charge in [0.15, 0.2) is 0 Å². The van der Waals surface area contributed by atoms with Crippen LogP contribution in [0.2, 0.25) is 0 Å². The lowest BCUT2D eigenvalue weighted by atomic mass is 9.83. The van der Waals surface area contributed by atoms with Gasteiger partial charge in [0.25, 0.3) is 0 Å². The van der Waals surface area contributed by atoms with Crippen LogP contribution in [0, 0.1) is 0 Å². The maximum Gasteiger partial charge on any atom is 0.0110 e. The molecular weight excluding hydrogens is 207 g/mol. The number of fused-ring (bicyclic) bond motifs is 2. The van der Waals surface area contributed by atoms with Gasteiger partial charge < -0.3 is 10.6 Å². The molecule has 0 unspecified atom stereocenters. The van der Waals surface area contributed by atoms with Gasteiger partial charge in [0.1, 0.15) is 0 Å². The highest BCUT2D eigenvalue weighted by Gasteiger charge is 2.34. The van der Waals surface area contributed by atoms with Gasteiger partial charge in [-0.25, -0.2) is 0 Å². The van der Waals surface area contributed by atoms with Crippen molar-refractivity contribution in [3.63, 3.8) is 0 Å². The Morgan fingerprint density at radius 3 is 2.00 bits per heavy atom. The summed E-state index contributed by atoms with van der Waals surface area (Å²) in [6.07, 6.45) is 6.63. The van der Waals surface area contributed by atoms with Crippen LogP contribution in [-0.4, -0.2) is 30.1 Å². The molecule has 0 amide bonds. The van der Waals surface area contributed by atoms with Gasteiger partial charge >= 0.3 is 0 Å². The lowest BCUT2D eigenvalue weighted by Gasteiger charge is -2.46. The van der Waals surface area contributed by atoms with E-state index in [2.05, 4.69) is 11.9 Å². The molecule has 2 bridgehead atoms. The first-order valence-corrected chi connectivity index (χ1v) is 4.75. The number of nitrogens with two attached hydrogens (primary N) is 1. The fourth-order valence-electron chi connectivity index (χ4n) is 2.66. The minimum absolute atomic E-state index is 0. The van der Waals surface area contributed by atoms with Crippen molar-refractivity contribution < 1.29 is 0 Å². The van der Waals surface area contributed by atoms with Crippen LogP contribution < -0.4 is 5.73 Å². The molecular formula is C9H20Cl2N2. The van der Waals surface area contributed by atoms with E-state index in [4.69, 9.17) is 5.73 Å². The first-order valence-electron chi connectivity index (χ1n) is 4.75. The standard InChI is InChI=1S/C9H18N2.2ClH/c1-11-8-3-2-4-9(11)6-7(10)5-8;;/h7-9H,2-6,10H2,1H3;2*1H/t8-,9-;;/m1../s1. The van der Waals surface area contributed by atoms with Crippen molar-refractivity contribution in [3.8, 4) is 0 Å². The van der Waals surface area contributed by atoms with E-state index in [-0.39, 0.29) is 24.8 Å². The fraction of sp³-hybridized carbons (Fsp3) is 1.00. The molecule has 2 nitrogen and oxygen atoms in total. The van der Waals surface area contributed by atoms with Gasteiger partial charge in [0.2, 0.25) is 0 Å². The quantitative estimate of drug-likeness (QED) is 0.683. The smallest absolute Gasteiger partial charge is 0.0110 e. The molecule has 0 aromatic heterocycles. The highest BCUT2D eigenvalue weighted by atomic mass is 35.5. The van der Waals surface area contributed by atoms with Crippen LogP contribution in [-0.2, 0) is 0 Å². The highest BCUT2D eigenvalue weighted by molar-refractivity contribution is 5.85. The summed E-state index contributed by atoms with van der Waals surface area (Å²) < 4.78 is 0. The minimum atomic E-state index is 0. The molecule has 0 aliphatic carbocycles. The molecule has 80 valence electrons. The molecule has 2 fully saturated rings. The SMILES string of the molecule is CN1[C@@H]2CCC[C@@H]1CC(N)C2.Cl.Cl. The fourth-order valence-corrected chi connectivity index (χ4v) is 2.66. The van der Waals surface area contributed by atoms with Gasteiger partial charge in [-0.2, -0.15) is 0 Å². The Morgan fingerprint density at radius 2 is 1.54 bits per heavy atom. The summed E-state index contributed by atoms with van der Waals surface area (Å²) >= 11 is 0. The zero-order valence-corrected chi connectivity index (χ0v) is 9.74. The summed E-state index contributed by atoms with van der Waals surface area (Å²) in [5.41, 5.74) is 5.96. The molecule has 2 aliphatic rings. The van der Waals surface area contributed by atoms with E-state index in [1.807, 2.05) is 0 Å². The zero-order chi connectivity index (χ0) is 7.84. The molecule has 2 rings (SSSR count). The van der Waals surface area contributed by atoms with Crippen molar-refractivity contribution in [1.82, 2.24) is 4.90 Å². The molecule has 0 spiro atoms. The molecule has 13 heavy (non-hydrogen) atoms.